The molecule has 0 spiro atoms. The molecule has 0 radical (unpaired) electrons. The largest absolute Gasteiger partial charge is 0.419 e. The molecule has 0 aliphatic carbocycles. The summed E-state index contributed by atoms with van der Waals surface area (Å²) in [6, 6.07) is 9.59. The van der Waals surface area contributed by atoms with Gasteiger partial charge in [-0.2, -0.15) is 4.31 Å². The Bertz CT molecular complexity index is 752. The minimum Gasteiger partial charge on any atom is -0.419 e. The maximum atomic E-state index is 11.6. The molecule has 2 heterocycles. The van der Waals surface area contributed by atoms with Crippen LogP contribution in [0.2, 0.25) is 0 Å². The molecule has 23 heavy (non-hydrogen) atoms. The summed E-state index contributed by atoms with van der Waals surface area (Å²) in [6.07, 6.45) is 1.25. The first-order chi connectivity index (χ1) is 10.9. The Morgan fingerprint density at radius 2 is 1.74 bits per heavy atom. The number of sulfonamides is 1. The Hall–Kier alpha value is -1.77. The molecule has 2 aromatic rings. The third-order valence-electron chi connectivity index (χ3n) is 4.11. The third kappa shape index (κ3) is 3.60. The van der Waals surface area contributed by atoms with E-state index in [0.717, 1.165) is 5.56 Å². The molecule has 124 valence electrons. The van der Waals surface area contributed by atoms with Gasteiger partial charge in [0, 0.05) is 31.7 Å². The number of hydrogen-bond donors (Lipinski definition) is 0. The van der Waals surface area contributed by atoms with Gasteiger partial charge in [-0.15, -0.1) is 10.2 Å². The fraction of sp³-hybridized carbons (Fsp3) is 0.467. The van der Waals surface area contributed by atoms with Crippen LogP contribution in [0.25, 0.3) is 11.5 Å². The first-order valence-corrected chi connectivity index (χ1v) is 9.38. The highest BCUT2D eigenvalue weighted by atomic mass is 32.2. The van der Waals surface area contributed by atoms with E-state index in [2.05, 4.69) is 15.1 Å². The molecular weight excluding hydrogens is 316 g/mol. The van der Waals surface area contributed by atoms with E-state index in [4.69, 9.17) is 4.42 Å². The van der Waals surface area contributed by atoms with E-state index in [1.54, 1.807) is 0 Å². The summed E-state index contributed by atoms with van der Waals surface area (Å²) in [5.74, 6) is 1.05. The van der Waals surface area contributed by atoms with Crippen LogP contribution in [0.5, 0.6) is 0 Å². The van der Waals surface area contributed by atoms with Crippen molar-refractivity contribution in [2.24, 2.45) is 0 Å². The van der Waals surface area contributed by atoms with Crippen LogP contribution >= 0.6 is 0 Å². The molecule has 8 heteroatoms. The SMILES string of the molecule is CC(c1nnc(-c2ccccc2)o1)N1CCN(S(C)(=O)=O)CC1. The second-order valence-corrected chi connectivity index (χ2v) is 7.67. The van der Waals surface area contributed by atoms with Crippen molar-refractivity contribution in [3.8, 4) is 11.5 Å². The lowest BCUT2D eigenvalue weighted by Gasteiger charge is -2.35. The predicted molar refractivity (Wildman–Crippen MR) is 86.1 cm³/mol. The van der Waals surface area contributed by atoms with Gasteiger partial charge in [-0.25, -0.2) is 8.42 Å². The van der Waals surface area contributed by atoms with Crippen LogP contribution in [0, 0.1) is 0 Å². The second kappa shape index (κ2) is 6.38. The summed E-state index contributed by atoms with van der Waals surface area (Å²) >= 11 is 0. The third-order valence-corrected chi connectivity index (χ3v) is 5.41. The molecule has 7 nitrogen and oxygen atoms in total. The number of piperazine rings is 1. The summed E-state index contributed by atoms with van der Waals surface area (Å²) in [5.41, 5.74) is 0.889. The van der Waals surface area contributed by atoms with E-state index in [1.807, 2.05) is 37.3 Å². The van der Waals surface area contributed by atoms with E-state index in [1.165, 1.54) is 10.6 Å². The molecule has 1 atom stereocenters. The van der Waals surface area contributed by atoms with Crippen molar-refractivity contribution in [3.05, 3.63) is 36.2 Å². The number of hydrogen-bond acceptors (Lipinski definition) is 6. The number of benzene rings is 1. The normalized spacial score (nSPS) is 18.9. The predicted octanol–water partition coefficient (Wildman–Crippen LogP) is 1.37. The molecule has 1 fully saturated rings. The topological polar surface area (TPSA) is 79.5 Å². The summed E-state index contributed by atoms with van der Waals surface area (Å²) in [6.45, 7) is 4.28. The molecule has 1 saturated heterocycles. The molecule has 1 aromatic carbocycles. The van der Waals surface area contributed by atoms with Crippen molar-refractivity contribution in [3.63, 3.8) is 0 Å². The fourth-order valence-corrected chi connectivity index (χ4v) is 3.51. The van der Waals surface area contributed by atoms with Crippen LogP contribution < -0.4 is 0 Å². The molecule has 3 rings (SSSR count). The van der Waals surface area contributed by atoms with Gasteiger partial charge in [0.15, 0.2) is 0 Å². The zero-order valence-corrected chi connectivity index (χ0v) is 14.0. The Labute approximate surface area is 136 Å². The van der Waals surface area contributed by atoms with Crippen LogP contribution in [-0.2, 0) is 10.0 Å². The van der Waals surface area contributed by atoms with Crippen molar-refractivity contribution >= 4 is 10.0 Å². The van der Waals surface area contributed by atoms with Gasteiger partial charge in [0.2, 0.25) is 21.8 Å². The van der Waals surface area contributed by atoms with Gasteiger partial charge in [0.25, 0.3) is 0 Å². The lowest BCUT2D eigenvalue weighted by atomic mass is 10.2. The zero-order chi connectivity index (χ0) is 16.4. The molecule has 1 aromatic heterocycles. The highest BCUT2D eigenvalue weighted by Gasteiger charge is 2.28. The quantitative estimate of drug-likeness (QED) is 0.839. The minimum absolute atomic E-state index is 0.0401. The minimum atomic E-state index is -3.12. The van der Waals surface area contributed by atoms with E-state index < -0.39 is 10.0 Å². The van der Waals surface area contributed by atoms with Crippen LogP contribution in [0.3, 0.4) is 0 Å². The standard InChI is InChI=1S/C15H20N4O3S/c1-12(18-8-10-19(11-9-18)23(2,20)21)14-16-17-15(22-14)13-6-4-3-5-7-13/h3-7,12H,8-11H2,1-2H3. The Morgan fingerprint density at radius 3 is 2.35 bits per heavy atom. The van der Waals surface area contributed by atoms with Gasteiger partial charge in [-0.1, -0.05) is 18.2 Å². The van der Waals surface area contributed by atoms with Crippen LogP contribution in [0.15, 0.2) is 34.7 Å². The maximum absolute atomic E-state index is 11.6. The van der Waals surface area contributed by atoms with Crippen molar-refractivity contribution in [1.82, 2.24) is 19.4 Å². The molecule has 0 saturated carbocycles. The van der Waals surface area contributed by atoms with Gasteiger partial charge in [-0.3, -0.25) is 4.90 Å². The number of nitrogens with zero attached hydrogens (tertiary/aromatic N) is 4. The molecule has 0 bridgehead atoms. The zero-order valence-electron chi connectivity index (χ0n) is 13.2. The van der Waals surface area contributed by atoms with Crippen LogP contribution in [0.4, 0.5) is 0 Å². The Kier molecular flexibility index (Phi) is 4.47. The fourth-order valence-electron chi connectivity index (χ4n) is 2.68. The monoisotopic (exact) mass is 336 g/mol. The molecular formula is C15H20N4O3S. The lowest BCUT2D eigenvalue weighted by Crippen LogP contribution is -2.48. The summed E-state index contributed by atoms with van der Waals surface area (Å²) in [4.78, 5) is 2.16. The molecule has 1 unspecified atom stereocenters. The molecule has 1 aliphatic heterocycles. The van der Waals surface area contributed by atoms with Gasteiger partial charge >= 0.3 is 0 Å². The van der Waals surface area contributed by atoms with Crippen molar-refractivity contribution < 1.29 is 12.8 Å². The Balaban J connectivity index is 1.68. The average molecular weight is 336 g/mol. The van der Waals surface area contributed by atoms with Crippen molar-refractivity contribution in [1.29, 1.82) is 0 Å². The number of aromatic nitrogens is 2. The highest BCUT2D eigenvalue weighted by Crippen LogP contribution is 2.24. The smallest absolute Gasteiger partial charge is 0.247 e. The first kappa shape index (κ1) is 16.1. The summed E-state index contributed by atoms with van der Waals surface area (Å²) in [7, 11) is -3.12. The van der Waals surface area contributed by atoms with Gasteiger partial charge in [0.1, 0.15) is 0 Å². The van der Waals surface area contributed by atoms with E-state index in [9.17, 15) is 8.42 Å². The second-order valence-electron chi connectivity index (χ2n) is 5.69. The molecule has 0 N–H and O–H groups in total. The van der Waals surface area contributed by atoms with Gasteiger partial charge in [-0.05, 0) is 19.1 Å². The molecule has 0 amide bonds. The van der Waals surface area contributed by atoms with Crippen LogP contribution in [-0.4, -0.2) is 60.3 Å². The maximum Gasteiger partial charge on any atom is 0.247 e. The number of rotatable bonds is 4. The van der Waals surface area contributed by atoms with Crippen molar-refractivity contribution in [2.45, 2.75) is 13.0 Å². The van der Waals surface area contributed by atoms with E-state index >= 15 is 0 Å². The van der Waals surface area contributed by atoms with Gasteiger partial charge < -0.3 is 4.42 Å². The summed E-state index contributed by atoms with van der Waals surface area (Å²) < 4.78 is 30.4. The van der Waals surface area contributed by atoms with E-state index in [0.29, 0.717) is 38.0 Å². The molecule has 1 aliphatic rings. The Morgan fingerprint density at radius 1 is 1.09 bits per heavy atom. The first-order valence-electron chi connectivity index (χ1n) is 7.53. The van der Waals surface area contributed by atoms with Gasteiger partial charge in [0.05, 0.1) is 12.3 Å². The van der Waals surface area contributed by atoms with Crippen LogP contribution in [0.1, 0.15) is 18.9 Å². The average Bonchev–Trinajstić information content (AvgIpc) is 3.04. The van der Waals surface area contributed by atoms with E-state index in [-0.39, 0.29) is 6.04 Å². The summed E-state index contributed by atoms with van der Waals surface area (Å²) in [5, 5.41) is 8.25. The highest BCUT2D eigenvalue weighted by molar-refractivity contribution is 7.88. The lowest BCUT2D eigenvalue weighted by molar-refractivity contribution is 0.130. The van der Waals surface area contributed by atoms with Crippen molar-refractivity contribution in [2.75, 3.05) is 32.4 Å².